The van der Waals surface area contributed by atoms with Crippen LogP contribution in [0.2, 0.25) is 0 Å². The minimum atomic E-state index is -0.996. The normalized spacial score (nSPS) is 24.9. The van der Waals surface area contributed by atoms with Crippen molar-refractivity contribution in [3.63, 3.8) is 0 Å². The van der Waals surface area contributed by atoms with E-state index in [9.17, 15) is 19.1 Å². The number of benzene rings is 2. The Morgan fingerprint density at radius 2 is 1.49 bits per heavy atom. The minimum absolute atomic E-state index is 0.0376. The second kappa shape index (κ2) is 11.6. The highest BCUT2D eigenvalue weighted by molar-refractivity contribution is 5.79. The summed E-state index contributed by atoms with van der Waals surface area (Å²) in [5, 5.41) is 15.8. The molecular weight excluding hydrogens is 495 g/mol. The summed E-state index contributed by atoms with van der Waals surface area (Å²) >= 11 is 0. The molecular formula is C31H43FN4O3. The molecule has 212 valence electrons. The van der Waals surface area contributed by atoms with Crippen molar-refractivity contribution in [1.82, 2.24) is 9.80 Å². The number of carboxylic acid groups (broad SMARTS) is 1. The summed E-state index contributed by atoms with van der Waals surface area (Å²) in [7, 11) is 0. The molecule has 2 saturated heterocycles. The van der Waals surface area contributed by atoms with Crippen LogP contribution in [-0.2, 0) is 17.8 Å². The predicted molar refractivity (Wildman–Crippen MR) is 149 cm³/mol. The third-order valence-electron chi connectivity index (χ3n) is 8.69. The van der Waals surface area contributed by atoms with Crippen molar-refractivity contribution in [2.45, 2.75) is 84.1 Å². The molecule has 4 rings (SSSR count). The average Bonchev–Trinajstić information content (AvgIpc) is 2.86. The standard InChI is InChI=1S/C31H43FN4O3/c1-22-19-34(20-23(2)36(22,30(38)39)31(3,4)5)21-25-8-6-24(7-9-25)18-29(37)35-16-14-28(15-17-35)33-27-12-10-26(32)11-13-27/h6-13,22-23,28,33H,14-21H2,1-5H3/t22-,23+,36?. The molecule has 1 N–H and O–H groups in total. The molecule has 1 unspecified atom stereocenters. The number of quaternary nitrogens is 1. The second-order valence-electron chi connectivity index (χ2n) is 12.4. The van der Waals surface area contributed by atoms with Crippen LogP contribution in [0.4, 0.5) is 14.9 Å². The number of piperidine rings is 1. The van der Waals surface area contributed by atoms with Gasteiger partial charge in [0, 0.05) is 31.4 Å². The Hall–Kier alpha value is -2.97. The number of rotatable bonds is 6. The molecule has 2 heterocycles. The smallest absolute Gasteiger partial charge is 0.258 e. The highest BCUT2D eigenvalue weighted by Gasteiger charge is 2.54. The summed E-state index contributed by atoms with van der Waals surface area (Å²) < 4.78 is 13.1. The van der Waals surface area contributed by atoms with Gasteiger partial charge in [0.2, 0.25) is 5.91 Å². The van der Waals surface area contributed by atoms with Gasteiger partial charge in [-0.05, 0) is 82.9 Å². The molecule has 0 spiro atoms. The molecule has 3 atom stereocenters. The van der Waals surface area contributed by atoms with E-state index < -0.39 is 11.6 Å². The fraction of sp³-hybridized carbons (Fsp3) is 0.548. The second-order valence-corrected chi connectivity index (χ2v) is 12.4. The van der Waals surface area contributed by atoms with Crippen LogP contribution >= 0.6 is 0 Å². The fourth-order valence-electron chi connectivity index (χ4n) is 6.96. The van der Waals surface area contributed by atoms with Crippen LogP contribution in [0.25, 0.3) is 0 Å². The van der Waals surface area contributed by atoms with Gasteiger partial charge in [0.1, 0.15) is 17.9 Å². The van der Waals surface area contributed by atoms with E-state index in [-0.39, 0.29) is 34.3 Å². The number of amides is 2. The summed E-state index contributed by atoms with van der Waals surface area (Å²) in [6, 6.07) is 14.7. The van der Waals surface area contributed by atoms with Gasteiger partial charge in [-0.25, -0.2) is 4.39 Å². The third kappa shape index (κ3) is 6.28. The molecule has 2 aliphatic rings. The van der Waals surface area contributed by atoms with Crippen molar-refractivity contribution in [3.8, 4) is 0 Å². The van der Waals surface area contributed by atoms with Crippen LogP contribution in [0.1, 0.15) is 58.6 Å². The number of halogens is 1. The lowest BCUT2D eigenvalue weighted by atomic mass is 9.91. The zero-order chi connectivity index (χ0) is 28.4. The fourth-order valence-corrected chi connectivity index (χ4v) is 6.96. The highest BCUT2D eigenvalue weighted by atomic mass is 19.1. The Morgan fingerprint density at radius 1 is 0.949 bits per heavy atom. The monoisotopic (exact) mass is 538 g/mol. The van der Waals surface area contributed by atoms with Crippen LogP contribution in [-0.4, -0.2) is 76.1 Å². The topological polar surface area (TPSA) is 75.7 Å². The molecule has 2 aromatic carbocycles. The van der Waals surface area contributed by atoms with Crippen LogP contribution in [0, 0.1) is 5.82 Å². The lowest BCUT2D eigenvalue weighted by Gasteiger charge is -2.59. The first-order chi connectivity index (χ1) is 18.4. The van der Waals surface area contributed by atoms with E-state index >= 15 is 0 Å². The molecule has 2 fully saturated rings. The Labute approximate surface area is 232 Å². The molecule has 2 aromatic rings. The molecule has 0 bridgehead atoms. The van der Waals surface area contributed by atoms with Gasteiger partial charge in [-0.3, -0.25) is 14.2 Å². The van der Waals surface area contributed by atoms with Crippen LogP contribution in [0.5, 0.6) is 0 Å². The molecule has 2 aliphatic heterocycles. The molecule has 0 saturated carbocycles. The van der Waals surface area contributed by atoms with Gasteiger partial charge in [0.05, 0.1) is 25.0 Å². The third-order valence-corrected chi connectivity index (χ3v) is 8.69. The molecule has 0 aliphatic carbocycles. The maximum atomic E-state index is 13.1. The number of hydrogen-bond acceptors (Lipinski definition) is 5. The van der Waals surface area contributed by atoms with Gasteiger partial charge in [0.25, 0.3) is 6.09 Å². The minimum Gasteiger partial charge on any atom is -0.498 e. The summed E-state index contributed by atoms with van der Waals surface area (Å²) in [5.74, 6) is -0.107. The van der Waals surface area contributed by atoms with Crippen molar-refractivity contribution in [2.24, 2.45) is 0 Å². The average molecular weight is 539 g/mol. The van der Waals surface area contributed by atoms with Crippen LogP contribution < -0.4 is 10.4 Å². The number of carbonyl (C=O) groups is 2. The first-order valence-electron chi connectivity index (χ1n) is 14.1. The number of nitrogens with one attached hydrogen (secondary N) is 1. The van der Waals surface area contributed by atoms with E-state index in [0.29, 0.717) is 32.6 Å². The lowest BCUT2D eigenvalue weighted by molar-refractivity contribution is -0.963. The van der Waals surface area contributed by atoms with E-state index in [1.165, 1.54) is 12.1 Å². The summed E-state index contributed by atoms with van der Waals surface area (Å²) in [5.41, 5.74) is 2.60. The number of likely N-dealkylation sites (tertiary alicyclic amines) is 1. The van der Waals surface area contributed by atoms with Crippen molar-refractivity contribution in [3.05, 3.63) is 65.5 Å². The van der Waals surface area contributed by atoms with Gasteiger partial charge >= 0.3 is 0 Å². The van der Waals surface area contributed by atoms with Crippen molar-refractivity contribution in [2.75, 3.05) is 31.5 Å². The first kappa shape index (κ1) is 29.0. The van der Waals surface area contributed by atoms with Crippen molar-refractivity contribution >= 4 is 17.7 Å². The molecule has 7 nitrogen and oxygen atoms in total. The molecule has 0 radical (unpaired) electrons. The first-order valence-corrected chi connectivity index (χ1v) is 14.1. The zero-order valence-electron chi connectivity index (χ0n) is 24.0. The largest absolute Gasteiger partial charge is 0.498 e. The highest BCUT2D eigenvalue weighted by Crippen LogP contribution is 2.36. The maximum absolute atomic E-state index is 13.1. The molecule has 39 heavy (non-hydrogen) atoms. The Balaban J connectivity index is 1.27. The molecule has 2 amide bonds. The van der Waals surface area contributed by atoms with Gasteiger partial charge in [-0.15, -0.1) is 0 Å². The van der Waals surface area contributed by atoms with E-state index in [0.717, 1.165) is 36.2 Å². The number of hydrogen-bond donors (Lipinski definition) is 1. The van der Waals surface area contributed by atoms with E-state index in [1.807, 2.05) is 51.7 Å². The summed E-state index contributed by atoms with van der Waals surface area (Å²) in [4.78, 5) is 29.5. The molecule has 8 heteroatoms. The van der Waals surface area contributed by atoms with Gasteiger partial charge in [-0.1, -0.05) is 24.3 Å². The number of piperazine rings is 1. The van der Waals surface area contributed by atoms with E-state index in [1.54, 1.807) is 12.1 Å². The summed E-state index contributed by atoms with van der Waals surface area (Å²) in [6.45, 7) is 13.5. The van der Waals surface area contributed by atoms with Gasteiger partial charge < -0.3 is 20.1 Å². The van der Waals surface area contributed by atoms with Crippen molar-refractivity contribution < 1.29 is 23.6 Å². The van der Waals surface area contributed by atoms with E-state index in [4.69, 9.17) is 0 Å². The van der Waals surface area contributed by atoms with Crippen LogP contribution in [0.3, 0.4) is 0 Å². The van der Waals surface area contributed by atoms with Gasteiger partial charge in [0.15, 0.2) is 0 Å². The number of nitrogens with zero attached hydrogens (tertiary/aromatic N) is 3. The molecule has 0 aromatic heterocycles. The van der Waals surface area contributed by atoms with E-state index in [2.05, 4.69) is 22.3 Å². The number of carbonyl (C=O) groups excluding carboxylic acids is 2. The Morgan fingerprint density at radius 3 is 2.00 bits per heavy atom. The SMILES string of the molecule is C[C@@H]1CN(Cc2ccc(CC(=O)N3CCC(Nc4ccc(F)cc4)CC3)cc2)C[C@H](C)[N+]1(C(=O)[O-])C(C)(C)C. The Kier molecular flexibility index (Phi) is 8.66. The predicted octanol–water partition coefficient (Wildman–Crippen LogP) is 4.02. The maximum Gasteiger partial charge on any atom is 0.258 e. The zero-order valence-corrected chi connectivity index (χ0v) is 24.0. The van der Waals surface area contributed by atoms with Gasteiger partial charge in [-0.2, -0.15) is 0 Å². The quantitative estimate of drug-likeness (QED) is 0.563. The van der Waals surface area contributed by atoms with Crippen LogP contribution in [0.15, 0.2) is 48.5 Å². The summed E-state index contributed by atoms with van der Waals surface area (Å²) in [6.07, 6.45) is 1.11. The number of anilines is 1. The Bertz CT molecular complexity index is 1130. The van der Waals surface area contributed by atoms with Crippen molar-refractivity contribution in [1.29, 1.82) is 0 Å². The lowest BCUT2D eigenvalue weighted by Crippen LogP contribution is -2.79.